The molecule has 1 N–H and O–H groups in total. The van der Waals surface area contributed by atoms with Crippen molar-refractivity contribution in [3.63, 3.8) is 0 Å². The van der Waals surface area contributed by atoms with Crippen LogP contribution in [0.2, 0.25) is 10.0 Å². The Labute approximate surface area is 229 Å². The second kappa shape index (κ2) is 11.0. The molecule has 0 bridgehead atoms. The number of nitrogens with zero attached hydrogens (tertiary/aromatic N) is 3. The standard InChI is InChI=1S/C29H23Cl2N3O4/c1-36-25-14-19(8-10-23(25)35)28-29(34-12-4-3-5-27(34)33-28)32-16-18-6-11-24(26(13-18)37-2)38-17-20-7-9-21(30)15-22(20)31/h3-16,35H,17H2,1-2H3/b32-16+. The number of hydrogen-bond donors (Lipinski definition) is 1. The highest BCUT2D eigenvalue weighted by atomic mass is 35.5. The lowest BCUT2D eigenvalue weighted by molar-refractivity contribution is 0.284. The van der Waals surface area contributed by atoms with E-state index in [1.807, 2.05) is 53.1 Å². The minimum absolute atomic E-state index is 0.0535. The Hall–Kier alpha value is -4.20. The Morgan fingerprint density at radius 1 is 0.921 bits per heavy atom. The molecule has 5 aromatic rings. The molecule has 0 saturated heterocycles. The molecule has 0 aliphatic carbocycles. The zero-order valence-electron chi connectivity index (χ0n) is 20.6. The summed E-state index contributed by atoms with van der Waals surface area (Å²) in [5, 5.41) is 11.1. The first-order chi connectivity index (χ1) is 18.5. The summed E-state index contributed by atoms with van der Waals surface area (Å²) in [6, 6.07) is 21.7. The molecule has 38 heavy (non-hydrogen) atoms. The molecular weight excluding hydrogens is 525 g/mol. The molecule has 0 spiro atoms. The molecular formula is C29H23Cl2N3O4. The summed E-state index contributed by atoms with van der Waals surface area (Å²) in [7, 11) is 3.09. The fourth-order valence-electron chi connectivity index (χ4n) is 3.94. The SMILES string of the molecule is COc1cc(-c2nc3ccccn3c2/N=C/c2ccc(OCc3ccc(Cl)cc3Cl)c(OC)c2)ccc1O. The van der Waals surface area contributed by atoms with Crippen molar-refractivity contribution in [3.8, 4) is 34.3 Å². The Bertz CT molecular complexity index is 1650. The zero-order valence-corrected chi connectivity index (χ0v) is 22.1. The van der Waals surface area contributed by atoms with Crippen LogP contribution >= 0.6 is 23.2 Å². The summed E-state index contributed by atoms with van der Waals surface area (Å²) in [6.45, 7) is 0.265. The van der Waals surface area contributed by atoms with Gasteiger partial charge in [-0.15, -0.1) is 0 Å². The Morgan fingerprint density at radius 3 is 2.55 bits per heavy atom. The van der Waals surface area contributed by atoms with Crippen LogP contribution in [-0.4, -0.2) is 34.9 Å². The molecule has 5 rings (SSSR count). The van der Waals surface area contributed by atoms with Crippen LogP contribution in [0.25, 0.3) is 16.9 Å². The van der Waals surface area contributed by atoms with E-state index in [4.69, 9.17) is 47.4 Å². The first-order valence-electron chi connectivity index (χ1n) is 11.6. The summed E-state index contributed by atoms with van der Waals surface area (Å²) in [5.74, 6) is 2.17. The van der Waals surface area contributed by atoms with E-state index in [-0.39, 0.29) is 12.4 Å². The van der Waals surface area contributed by atoms with E-state index in [0.29, 0.717) is 38.8 Å². The van der Waals surface area contributed by atoms with Gasteiger partial charge in [0.15, 0.2) is 28.8 Å². The van der Waals surface area contributed by atoms with Crippen molar-refractivity contribution in [2.75, 3.05) is 14.2 Å². The summed E-state index contributed by atoms with van der Waals surface area (Å²) < 4.78 is 18.7. The molecule has 192 valence electrons. The third-order valence-electron chi connectivity index (χ3n) is 5.88. The fraction of sp³-hybridized carbons (Fsp3) is 0.103. The molecule has 3 aromatic carbocycles. The molecule has 0 atom stereocenters. The average molecular weight is 548 g/mol. The van der Waals surface area contributed by atoms with Crippen molar-refractivity contribution < 1.29 is 19.3 Å². The Kier molecular flexibility index (Phi) is 7.40. The van der Waals surface area contributed by atoms with Crippen LogP contribution in [-0.2, 0) is 6.61 Å². The molecule has 2 heterocycles. The van der Waals surface area contributed by atoms with Gasteiger partial charge >= 0.3 is 0 Å². The number of phenolic OH excluding ortho intramolecular Hbond substituents is 1. The van der Waals surface area contributed by atoms with Crippen LogP contribution in [0.15, 0.2) is 84.0 Å². The highest BCUT2D eigenvalue weighted by Gasteiger charge is 2.15. The number of aliphatic imine (C=N–C) groups is 1. The third-order valence-corrected chi connectivity index (χ3v) is 6.47. The lowest BCUT2D eigenvalue weighted by Gasteiger charge is -2.12. The van der Waals surface area contributed by atoms with E-state index in [0.717, 1.165) is 22.3 Å². The minimum Gasteiger partial charge on any atom is -0.504 e. The highest BCUT2D eigenvalue weighted by molar-refractivity contribution is 6.35. The summed E-state index contributed by atoms with van der Waals surface area (Å²) in [6.07, 6.45) is 3.63. The van der Waals surface area contributed by atoms with Crippen molar-refractivity contribution in [1.29, 1.82) is 0 Å². The van der Waals surface area contributed by atoms with E-state index in [9.17, 15) is 5.11 Å². The number of rotatable bonds is 8. The van der Waals surface area contributed by atoms with Crippen LogP contribution in [0.3, 0.4) is 0 Å². The number of aromatic nitrogens is 2. The van der Waals surface area contributed by atoms with E-state index in [1.54, 1.807) is 43.7 Å². The summed E-state index contributed by atoms with van der Waals surface area (Å²) in [4.78, 5) is 9.55. The monoisotopic (exact) mass is 547 g/mol. The number of phenols is 1. The zero-order chi connectivity index (χ0) is 26.6. The van der Waals surface area contributed by atoms with Gasteiger partial charge in [-0.05, 0) is 66.2 Å². The van der Waals surface area contributed by atoms with E-state index in [1.165, 1.54) is 7.11 Å². The Balaban J connectivity index is 1.45. The van der Waals surface area contributed by atoms with E-state index >= 15 is 0 Å². The molecule has 7 nitrogen and oxygen atoms in total. The average Bonchev–Trinajstić information content (AvgIpc) is 3.30. The molecule has 0 unspecified atom stereocenters. The summed E-state index contributed by atoms with van der Waals surface area (Å²) in [5.41, 5.74) is 3.77. The van der Waals surface area contributed by atoms with Gasteiger partial charge in [0.05, 0.1) is 14.2 Å². The van der Waals surface area contributed by atoms with Gasteiger partial charge < -0.3 is 19.3 Å². The molecule has 0 aliphatic rings. The number of imidazole rings is 1. The second-order valence-electron chi connectivity index (χ2n) is 8.29. The fourth-order valence-corrected chi connectivity index (χ4v) is 4.40. The quantitative estimate of drug-likeness (QED) is 0.205. The van der Waals surface area contributed by atoms with E-state index < -0.39 is 0 Å². The number of pyridine rings is 1. The summed E-state index contributed by atoms with van der Waals surface area (Å²) >= 11 is 12.3. The molecule has 2 aromatic heterocycles. The van der Waals surface area contributed by atoms with Crippen molar-refractivity contribution in [2.24, 2.45) is 4.99 Å². The topological polar surface area (TPSA) is 77.6 Å². The Morgan fingerprint density at radius 2 is 1.76 bits per heavy atom. The second-order valence-corrected chi connectivity index (χ2v) is 9.14. The number of ether oxygens (including phenoxy) is 3. The lowest BCUT2D eigenvalue weighted by Crippen LogP contribution is -1.99. The van der Waals surface area contributed by atoms with Crippen LogP contribution in [0.4, 0.5) is 5.82 Å². The van der Waals surface area contributed by atoms with Crippen molar-refractivity contribution in [1.82, 2.24) is 9.38 Å². The smallest absolute Gasteiger partial charge is 0.165 e. The van der Waals surface area contributed by atoms with Crippen molar-refractivity contribution in [3.05, 3.63) is 100 Å². The number of aromatic hydroxyl groups is 1. The van der Waals surface area contributed by atoms with Crippen LogP contribution < -0.4 is 14.2 Å². The molecule has 0 aliphatic heterocycles. The van der Waals surface area contributed by atoms with Gasteiger partial charge in [0.25, 0.3) is 0 Å². The third kappa shape index (κ3) is 5.25. The van der Waals surface area contributed by atoms with Gasteiger partial charge in [-0.25, -0.2) is 9.98 Å². The predicted molar refractivity (Wildman–Crippen MR) is 150 cm³/mol. The van der Waals surface area contributed by atoms with Gasteiger partial charge in [0.2, 0.25) is 0 Å². The predicted octanol–water partition coefficient (Wildman–Crippen LogP) is 7.36. The number of benzene rings is 3. The van der Waals surface area contributed by atoms with Gasteiger partial charge in [-0.2, -0.15) is 0 Å². The maximum absolute atomic E-state index is 10.0. The highest BCUT2D eigenvalue weighted by Crippen LogP contribution is 2.36. The minimum atomic E-state index is 0.0535. The van der Waals surface area contributed by atoms with Crippen LogP contribution in [0.5, 0.6) is 23.0 Å². The van der Waals surface area contributed by atoms with Crippen LogP contribution in [0, 0.1) is 0 Å². The molecule has 0 radical (unpaired) electrons. The number of halogens is 2. The van der Waals surface area contributed by atoms with Crippen LogP contribution in [0.1, 0.15) is 11.1 Å². The van der Waals surface area contributed by atoms with Gasteiger partial charge in [0.1, 0.15) is 17.9 Å². The molecule has 9 heteroatoms. The first-order valence-corrected chi connectivity index (χ1v) is 12.4. The lowest BCUT2D eigenvalue weighted by atomic mass is 10.1. The van der Waals surface area contributed by atoms with Gasteiger partial charge in [-0.3, -0.25) is 4.40 Å². The maximum atomic E-state index is 10.0. The first kappa shape index (κ1) is 25.4. The normalized spacial score (nSPS) is 11.3. The number of methoxy groups -OCH3 is 2. The van der Waals surface area contributed by atoms with Crippen molar-refractivity contribution in [2.45, 2.75) is 6.61 Å². The maximum Gasteiger partial charge on any atom is 0.165 e. The largest absolute Gasteiger partial charge is 0.504 e. The van der Waals surface area contributed by atoms with E-state index in [2.05, 4.69) is 0 Å². The molecule has 0 fully saturated rings. The molecule has 0 saturated carbocycles. The van der Waals surface area contributed by atoms with Crippen molar-refractivity contribution >= 4 is 40.9 Å². The van der Waals surface area contributed by atoms with Gasteiger partial charge in [-0.1, -0.05) is 35.3 Å². The number of fused-ring (bicyclic) bond motifs is 1. The number of hydrogen-bond acceptors (Lipinski definition) is 6. The van der Waals surface area contributed by atoms with Gasteiger partial charge in [0, 0.05) is 33.6 Å². The molecule has 0 amide bonds.